The summed E-state index contributed by atoms with van der Waals surface area (Å²) in [7, 11) is 0. The van der Waals surface area contributed by atoms with Gasteiger partial charge in [-0.05, 0) is 72.7 Å². The Morgan fingerprint density at radius 3 is 2.55 bits per heavy atom. The van der Waals surface area contributed by atoms with Crippen LogP contribution >= 0.6 is 11.6 Å². The summed E-state index contributed by atoms with van der Waals surface area (Å²) in [5, 5.41) is 7.19. The van der Waals surface area contributed by atoms with Crippen molar-refractivity contribution in [3.05, 3.63) is 131 Å². The molecule has 3 aliphatic heterocycles. The molecule has 0 saturated carbocycles. The second-order valence-corrected chi connectivity index (χ2v) is 11.4. The minimum Gasteiger partial charge on any atom is -0.353 e. The highest BCUT2D eigenvalue weighted by Crippen LogP contribution is 2.45. The van der Waals surface area contributed by atoms with Crippen molar-refractivity contribution in [3.8, 4) is 0 Å². The lowest BCUT2D eigenvalue weighted by atomic mass is 9.79. The molecule has 10 heteroatoms. The van der Waals surface area contributed by atoms with Gasteiger partial charge in [0, 0.05) is 73.2 Å². The summed E-state index contributed by atoms with van der Waals surface area (Å²) in [5.41, 5.74) is 2.89. The van der Waals surface area contributed by atoms with E-state index in [1.165, 1.54) is 6.07 Å². The van der Waals surface area contributed by atoms with Crippen LogP contribution in [0.25, 0.3) is 0 Å². The van der Waals surface area contributed by atoms with Gasteiger partial charge in [0.15, 0.2) is 0 Å². The molecule has 1 unspecified atom stereocenters. The predicted octanol–water partition coefficient (Wildman–Crippen LogP) is 5.66. The molecule has 1 spiro atoms. The molecule has 0 radical (unpaired) electrons. The normalized spacial score (nSPS) is 21.1. The first-order valence-electron chi connectivity index (χ1n) is 14.7. The van der Waals surface area contributed by atoms with Crippen molar-refractivity contribution in [2.24, 2.45) is 4.99 Å². The van der Waals surface area contributed by atoms with E-state index in [0.717, 1.165) is 35.7 Å². The number of nitrogens with one attached hydrogen (secondary N) is 2. The number of halogens is 2. The number of guanidine groups is 1. The van der Waals surface area contributed by atoms with Crippen LogP contribution < -0.4 is 20.4 Å². The zero-order chi connectivity index (χ0) is 30.1. The number of nitrogens with zero attached hydrogens (tertiary/aromatic N) is 5. The van der Waals surface area contributed by atoms with Crippen LogP contribution in [0.3, 0.4) is 0 Å². The molecule has 4 heterocycles. The van der Waals surface area contributed by atoms with Crippen molar-refractivity contribution in [1.82, 2.24) is 15.2 Å². The highest BCUT2D eigenvalue weighted by Gasteiger charge is 2.43. The number of aliphatic imine (C=N–C) groups is 1. The monoisotopic (exact) mass is 607 g/mol. The van der Waals surface area contributed by atoms with E-state index in [2.05, 4.69) is 20.5 Å². The highest BCUT2D eigenvalue weighted by molar-refractivity contribution is 6.32. The Labute approximate surface area is 260 Å². The third kappa shape index (κ3) is 5.24. The van der Waals surface area contributed by atoms with Gasteiger partial charge in [-0.2, -0.15) is 0 Å². The molecule has 1 aliphatic carbocycles. The summed E-state index contributed by atoms with van der Waals surface area (Å²) in [6.07, 6.45) is 12.1. The number of aromatic nitrogens is 1. The van der Waals surface area contributed by atoms with Crippen LogP contribution in [-0.4, -0.2) is 60.0 Å². The smallest absolute Gasteiger partial charge is 0.253 e. The van der Waals surface area contributed by atoms with Gasteiger partial charge in [0.1, 0.15) is 17.2 Å². The SMILES string of the molecule is O=C(c1ccc(NC2=NC34C=CC=C(Cl)C3=CN(c3ccccc3F)CCC4=CN2)cc1)N1CCN(c2ccccn2)CC1. The van der Waals surface area contributed by atoms with E-state index in [4.69, 9.17) is 16.6 Å². The van der Waals surface area contributed by atoms with Crippen LogP contribution in [0.4, 0.5) is 21.6 Å². The van der Waals surface area contributed by atoms with Crippen LogP contribution in [0.15, 0.2) is 125 Å². The fraction of sp³-hybridized carbons (Fsp3) is 0.206. The van der Waals surface area contributed by atoms with Crippen LogP contribution in [0.2, 0.25) is 0 Å². The topological polar surface area (TPSA) is 76.1 Å². The fourth-order valence-electron chi connectivity index (χ4n) is 6.07. The summed E-state index contributed by atoms with van der Waals surface area (Å²) >= 11 is 6.77. The summed E-state index contributed by atoms with van der Waals surface area (Å²) in [4.78, 5) is 28.8. The van der Waals surface area contributed by atoms with E-state index < -0.39 is 5.54 Å². The Balaban J connectivity index is 1.07. The number of anilines is 3. The lowest BCUT2D eigenvalue weighted by Gasteiger charge is -2.36. The first-order chi connectivity index (χ1) is 21.5. The number of amides is 1. The van der Waals surface area contributed by atoms with Crippen molar-refractivity contribution >= 4 is 40.7 Å². The third-order valence-corrected chi connectivity index (χ3v) is 8.74. The Bertz CT molecular complexity index is 1730. The number of hydrogen-bond acceptors (Lipinski definition) is 7. The molecule has 7 rings (SSSR count). The Morgan fingerprint density at radius 2 is 1.77 bits per heavy atom. The van der Waals surface area contributed by atoms with Crippen molar-refractivity contribution in [2.75, 3.05) is 47.8 Å². The Morgan fingerprint density at radius 1 is 0.977 bits per heavy atom. The largest absolute Gasteiger partial charge is 0.353 e. The number of carbonyl (C=O) groups is 1. The van der Waals surface area contributed by atoms with E-state index in [9.17, 15) is 9.18 Å². The maximum atomic E-state index is 14.7. The average Bonchev–Trinajstić information content (AvgIpc) is 3.23. The van der Waals surface area contributed by atoms with Crippen LogP contribution in [0.1, 0.15) is 16.8 Å². The molecule has 1 atom stereocenters. The molecule has 222 valence electrons. The molecule has 2 N–H and O–H groups in total. The van der Waals surface area contributed by atoms with Crippen molar-refractivity contribution < 1.29 is 9.18 Å². The summed E-state index contributed by atoms with van der Waals surface area (Å²) < 4.78 is 14.7. The molecule has 0 bridgehead atoms. The zero-order valence-corrected chi connectivity index (χ0v) is 24.7. The minimum absolute atomic E-state index is 0.0123. The van der Waals surface area contributed by atoms with Gasteiger partial charge in [0.05, 0.1) is 5.69 Å². The molecule has 1 saturated heterocycles. The number of benzene rings is 2. The van der Waals surface area contributed by atoms with Gasteiger partial charge in [0.2, 0.25) is 5.96 Å². The lowest BCUT2D eigenvalue weighted by molar-refractivity contribution is 0.0746. The average molecular weight is 608 g/mol. The van der Waals surface area contributed by atoms with Gasteiger partial charge < -0.3 is 25.3 Å². The van der Waals surface area contributed by atoms with E-state index >= 15 is 0 Å². The quantitative estimate of drug-likeness (QED) is 0.399. The lowest BCUT2D eigenvalue weighted by Crippen LogP contribution is -2.49. The maximum Gasteiger partial charge on any atom is 0.253 e. The van der Waals surface area contributed by atoms with E-state index in [0.29, 0.717) is 48.3 Å². The number of piperazine rings is 1. The fourth-order valence-corrected chi connectivity index (χ4v) is 6.34. The van der Waals surface area contributed by atoms with Crippen molar-refractivity contribution in [2.45, 2.75) is 12.0 Å². The second-order valence-electron chi connectivity index (χ2n) is 11.0. The van der Waals surface area contributed by atoms with Gasteiger partial charge in [0.25, 0.3) is 5.91 Å². The number of hydrogen-bond donors (Lipinski definition) is 2. The zero-order valence-electron chi connectivity index (χ0n) is 24.0. The van der Waals surface area contributed by atoms with Crippen LogP contribution in [0.5, 0.6) is 0 Å². The summed E-state index contributed by atoms with van der Waals surface area (Å²) in [6.45, 7) is 3.34. The first-order valence-corrected chi connectivity index (χ1v) is 15.1. The van der Waals surface area contributed by atoms with Crippen molar-refractivity contribution in [3.63, 3.8) is 0 Å². The highest BCUT2D eigenvalue weighted by atomic mass is 35.5. The minimum atomic E-state index is -0.827. The molecule has 2 aromatic carbocycles. The van der Waals surface area contributed by atoms with E-state index in [-0.39, 0.29) is 11.7 Å². The first kappa shape index (κ1) is 27.9. The molecule has 4 aliphatic rings. The summed E-state index contributed by atoms with van der Waals surface area (Å²) in [6, 6.07) is 20.0. The van der Waals surface area contributed by atoms with Gasteiger partial charge in [-0.15, -0.1) is 0 Å². The second kappa shape index (κ2) is 11.7. The molecule has 3 aromatic rings. The van der Waals surface area contributed by atoms with E-state index in [1.54, 1.807) is 18.3 Å². The van der Waals surface area contributed by atoms with Gasteiger partial charge in [-0.25, -0.2) is 14.4 Å². The molecular weight excluding hydrogens is 577 g/mol. The Kier molecular flexibility index (Phi) is 7.39. The van der Waals surface area contributed by atoms with Crippen LogP contribution in [0, 0.1) is 5.82 Å². The standard InChI is InChI=1S/C34H31ClFN7O/c35-28-6-5-15-34-25(14-17-43(23-27(28)34)30-8-2-1-7-29(30)36)22-38-33(40-34)39-26-12-10-24(11-13-26)32(44)42-20-18-41(19-21-42)31-9-3-4-16-37-31/h1-13,15-16,22-23H,14,17-21H2,(H2,38,39,40). The Hall–Kier alpha value is -4.89. The summed E-state index contributed by atoms with van der Waals surface area (Å²) in [5.74, 6) is 1.20. The number of pyridine rings is 1. The number of para-hydroxylation sites is 1. The molecular formula is C34H31ClFN7O. The molecule has 1 aromatic heterocycles. The predicted molar refractivity (Wildman–Crippen MR) is 173 cm³/mol. The van der Waals surface area contributed by atoms with E-state index in [1.807, 2.05) is 89.0 Å². The molecule has 1 amide bonds. The molecule has 1 fully saturated rings. The molecule has 44 heavy (non-hydrogen) atoms. The van der Waals surface area contributed by atoms with Gasteiger partial charge in [-0.1, -0.05) is 35.9 Å². The van der Waals surface area contributed by atoms with Gasteiger partial charge >= 0.3 is 0 Å². The maximum absolute atomic E-state index is 14.7. The van der Waals surface area contributed by atoms with Crippen LogP contribution in [-0.2, 0) is 0 Å². The van der Waals surface area contributed by atoms with Gasteiger partial charge in [-0.3, -0.25) is 4.79 Å². The van der Waals surface area contributed by atoms with Crippen molar-refractivity contribution in [1.29, 1.82) is 0 Å². The number of rotatable bonds is 4. The molecule has 8 nitrogen and oxygen atoms in total. The number of carbonyl (C=O) groups excluding carboxylic acids is 1. The number of allylic oxidation sites excluding steroid dienone is 2. The third-order valence-electron chi connectivity index (χ3n) is 8.41.